The lowest BCUT2D eigenvalue weighted by molar-refractivity contribution is -0.139. The van der Waals surface area contributed by atoms with Crippen LogP contribution in [0.25, 0.3) is 6.08 Å². The van der Waals surface area contributed by atoms with Crippen LogP contribution in [0.5, 0.6) is 5.75 Å². The van der Waals surface area contributed by atoms with Gasteiger partial charge in [-0.2, -0.15) is 0 Å². The zero-order chi connectivity index (χ0) is 22.1. The molecule has 4 rings (SSSR count). The average molecular weight is 455 g/mol. The molecule has 0 bridgehead atoms. The number of carbonyl (C=O) groups is 1. The number of benzene rings is 2. The van der Waals surface area contributed by atoms with Crippen molar-refractivity contribution in [2.24, 2.45) is 4.99 Å². The first kappa shape index (κ1) is 21.1. The van der Waals surface area contributed by atoms with E-state index in [-0.39, 0.29) is 17.9 Å². The van der Waals surface area contributed by atoms with Gasteiger partial charge in [0.05, 0.1) is 22.4 Å². The summed E-state index contributed by atoms with van der Waals surface area (Å²) in [5.41, 5.74) is 1.88. The van der Waals surface area contributed by atoms with E-state index in [2.05, 4.69) is 4.99 Å². The first-order valence-electron chi connectivity index (χ1n) is 9.64. The fourth-order valence-corrected chi connectivity index (χ4v) is 4.79. The lowest BCUT2D eigenvalue weighted by Gasteiger charge is -2.25. The number of halogens is 1. The summed E-state index contributed by atoms with van der Waals surface area (Å²) in [7, 11) is 0. The van der Waals surface area contributed by atoms with Gasteiger partial charge in [0.2, 0.25) is 0 Å². The summed E-state index contributed by atoms with van der Waals surface area (Å²) in [6, 6.07) is 12.9. The van der Waals surface area contributed by atoms with E-state index in [9.17, 15) is 14.7 Å². The van der Waals surface area contributed by atoms with Crippen LogP contribution < -0.4 is 14.9 Å². The number of carbonyl (C=O) groups excluding carboxylic acids is 1. The maximum absolute atomic E-state index is 13.4. The van der Waals surface area contributed by atoms with Crippen molar-refractivity contribution in [1.29, 1.82) is 0 Å². The van der Waals surface area contributed by atoms with Gasteiger partial charge in [-0.1, -0.05) is 53.3 Å². The second kappa shape index (κ2) is 8.53. The number of phenols is 1. The number of hydrogen-bond donors (Lipinski definition) is 1. The highest BCUT2D eigenvalue weighted by atomic mass is 35.5. The van der Waals surface area contributed by atoms with Crippen LogP contribution in [0, 0.1) is 0 Å². The highest BCUT2D eigenvalue weighted by molar-refractivity contribution is 7.07. The third kappa shape index (κ3) is 3.94. The predicted octanol–water partition coefficient (Wildman–Crippen LogP) is 3.16. The van der Waals surface area contributed by atoms with E-state index in [1.54, 1.807) is 62.4 Å². The van der Waals surface area contributed by atoms with E-state index in [4.69, 9.17) is 16.3 Å². The van der Waals surface area contributed by atoms with Crippen LogP contribution in [0.2, 0.25) is 5.02 Å². The first-order valence-corrected chi connectivity index (χ1v) is 10.8. The monoisotopic (exact) mass is 454 g/mol. The van der Waals surface area contributed by atoms with Gasteiger partial charge in [0.15, 0.2) is 4.80 Å². The second-order valence-electron chi connectivity index (χ2n) is 6.92. The fraction of sp³-hybridized carbons (Fsp3) is 0.174. The van der Waals surface area contributed by atoms with Crippen molar-refractivity contribution in [3.05, 3.63) is 95.6 Å². The number of aromatic hydroxyl groups is 1. The van der Waals surface area contributed by atoms with E-state index in [1.165, 1.54) is 15.9 Å². The molecule has 0 radical (unpaired) electrons. The molecule has 2 aromatic carbocycles. The molecule has 1 aromatic heterocycles. The van der Waals surface area contributed by atoms with Gasteiger partial charge in [0.1, 0.15) is 11.8 Å². The number of fused-ring (bicyclic) bond motifs is 1. The summed E-state index contributed by atoms with van der Waals surface area (Å²) in [6.45, 7) is 3.66. The number of phenolic OH excluding ortho intramolecular Hbond substituents is 1. The normalized spacial score (nSPS) is 16.1. The standard InChI is InChI=1S/C23H19ClN2O4S/c1-3-30-22(29)19-13(2)25-23-26(20(19)16-6-4-5-7-17(16)24)21(28)18(31-23)12-14-8-10-15(27)11-9-14/h4-12,20,27H,3H2,1-2H3/t20-/m1/s1. The van der Waals surface area contributed by atoms with Gasteiger partial charge in [0.25, 0.3) is 5.56 Å². The van der Waals surface area contributed by atoms with Crippen molar-refractivity contribution in [3.8, 4) is 5.75 Å². The number of esters is 1. The Bertz CT molecular complexity index is 1370. The third-order valence-electron chi connectivity index (χ3n) is 4.91. The Morgan fingerprint density at radius 3 is 2.65 bits per heavy atom. The van der Waals surface area contributed by atoms with Gasteiger partial charge in [-0.15, -0.1) is 0 Å². The number of aromatic nitrogens is 1. The second-order valence-corrected chi connectivity index (χ2v) is 8.33. The average Bonchev–Trinajstić information content (AvgIpc) is 3.04. The number of rotatable bonds is 4. The summed E-state index contributed by atoms with van der Waals surface area (Å²) >= 11 is 7.71. The SMILES string of the molecule is CCOC(=O)C1=C(C)N=c2sc(=Cc3ccc(O)cc3)c(=O)n2[C@@H]1c1ccccc1Cl. The van der Waals surface area contributed by atoms with Gasteiger partial charge >= 0.3 is 5.97 Å². The van der Waals surface area contributed by atoms with Crippen molar-refractivity contribution in [2.45, 2.75) is 19.9 Å². The Labute approximate surface area is 187 Å². The molecule has 3 aromatic rings. The minimum atomic E-state index is -0.744. The van der Waals surface area contributed by atoms with E-state index in [0.29, 0.717) is 31.2 Å². The Morgan fingerprint density at radius 1 is 1.26 bits per heavy atom. The molecule has 0 unspecified atom stereocenters. The summed E-state index contributed by atoms with van der Waals surface area (Å²) in [5, 5.41) is 9.94. The number of thiazole rings is 1. The van der Waals surface area contributed by atoms with Gasteiger partial charge < -0.3 is 9.84 Å². The number of ether oxygens (including phenoxy) is 1. The molecule has 1 atom stereocenters. The molecular weight excluding hydrogens is 436 g/mol. The van der Waals surface area contributed by atoms with Crippen molar-refractivity contribution in [1.82, 2.24) is 4.57 Å². The lowest BCUT2D eigenvalue weighted by atomic mass is 9.96. The largest absolute Gasteiger partial charge is 0.508 e. The third-order valence-corrected chi connectivity index (χ3v) is 6.23. The molecule has 0 fully saturated rings. The maximum Gasteiger partial charge on any atom is 0.338 e. The van der Waals surface area contributed by atoms with E-state index < -0.39 is 12.0 Å². The summed E-state index contributed by atoms with van der Waals surface area (Å²) in [5.74, 6) is -0.381. The van der Waals surface area contributed by atoms with E-state index in [0.717, 1.165) is 5.56 Å². The molecule has 0 amide bonds. The summed E-state index contributed by atoms with van der Waals surface area (Å²) in [4.78, 5) is 31.3. The number of allylic oxidation sites excluding steroid dienone is 1. The molecule has 8 heteroatoms. The van der Waals surface area contributed by atoms with Crippen LogP contribution in [-0.2, 0) is 9.53 Å². The highest BCUT2D eigenvalue weighted by Crippen LogP contribution is 2.34. The highest BCUT2D eigenvalue weighted by Gasteiger charge is 2.34. The molecule has 2 heterocycles. The Kier molecular flexibility index (Phi) is 5.80. The first-order chi connectivity index (χ1) is 14.9. The van der Waals surface area contributed by atoms with Crippen LogP contribution >= 0.6 is 22.9 Å². The summed E-state index contributed by atoms with van der Waals surface area (Å²) < 4.78 is 7.22. The van der Waals surface area contributed by atoms with Crippen molar-refractivity contribution < 1.29 is 14.6 Å². The molecule has 0 saturated carbocycles. The quantitative estimate of drug-likeness (QED) is 0.614. The van der Waals surface area contributed by atoms with Gasteiger partial charge in [0, 0.05) is 5.02 Å². The maximum atomic E-state index is 13.4. The van der Waals surface area contributed by atoms with E-state index >= 15 is 0 Å². The zero-order valence-electron chi connectivity index (χ0n) is 16.8. The molecule has 1 aliphatic heterocycles. The van der Waals surface area contributed by atoms with Gasteiger partial charge in [-0.25, -0.2) is 9.79 Å². The van der Waals surface area contributed by atoms with Crippen LogP contribution in [0.3, 0.4) is 0 Å². The smallest absolute Gasteiger partial charge is 0.338 e. The predicted molar refractivity (Wildman–Crippen MR) is 120 cm³/mol. The molecule has 0 aliphatic carbocycles. The topological polar surface area (TPSA) is 80.9 Å². The van der Waals surface area contributed by atoms with Crippen LogP contribution in [-0.4, -0.2) is 22.2 Å². The molecule has 158 valence electrons. The fourth-order valence-electron chi connectivity index (χ4n) is 3.50. The Balaban J connectivity index is 1.97. The molecule has 31 heavy (non-hydrogen) atoms. The van der Waals surface area contributed by atoms with Crippen molar-refractivity contribution in [2.75, 3.05) is 6.61 Å². The van der Waals surface area contributed by atoms with E-state index in [1.807, 2.05) is 6.07 Å². The molecule has 6 nitrogen and oxygen atoms in total. The number of nitrogens with zero attached hydrogens (tertiary/aromatic N) is 2. The van der Waals surface area contributed by atoms with Crippen LogP contribution in [0.15, 0.2) is 69.6 Å². The lowest BCUT2D eigenvalue weighted by Crippen LogP contribution is -2.40. The number of hydrogen-bond acceptors (Lipinski definition) is 6. The zero-order valence-corrected chi connectivity index (χ0v) is 18.4. The van der Waals surface area contributed by atoms with Crippen molar-refractivity contribution >= 4 is 35.0 Å². The molecule has 0 spiro atoms. The molecule has 1 N–H and O–H groups in total. The minimum Gasteiger partial charge on any atom is -0.508 e. The summed E-state index contributed by atoms with van der Waals surface area (Å²) in [6.07, 6.45) is 1.73. The molecule has 0 saturated heterocycles. The Morgan fingerprint density at radius 2 is 1.97 bits per heavy atom. The van der Waals surface area contributed by atoms with Crippen LogP contribution in [0.1, 0.15) is 31.0 Å². The molecular formula is C23H19ClN2O4S. The molecule has 1 aliphatic rings. The Hall–Kier alpha value is -3.16. The van der Waals surface area contributed by atoms with Crippen molar-refractivity contribution in [3.63, 3.8) is 0 Å². The van der Waals surface area contributed by atoms with Gasteiger partial charge in [-0.3, -0.25) is 9.36 Å². The minimum absolute atomic E-state index is 0.145. The van der Waals surface area contributed by atoms with Gasteiger partial charge in [-0.05, 0) is 49.2 Å². The van der Waals surface area contributed by atoms with Crippen LogP contribution in [0.4, 0.5) is 0 Å².